The molecule has 0 saturated heterocycles. The molecule has 0 unspecified atom stereocenters. The van der Waals surface area contributed by atoms with Crippen LogP contribution in [0.2, 0.25) is 0 Å². The maximum atomic E-state index is 13.0. The molecule has 1 aromatic carbocycles. The predicted octanol–water partition coefficient (Wildman–Crippen LogP) is 3.71. The third kappa shape index (κ3) is 3.21. The van der Waals surface area contributed by atoms with Crippen molar-refractivity contribution in [3.8, 4) is 6.07 Å². The van der Waals surface area contributed by atoms with Crippen LogP contribution < -0.4 is 5.56 Å². The number of aromatic nitrogens is 1. The van der Waals surface area contributed by atoms with Crippen LogP contribution in [-0.2, 0) is 6.42 Å². The second-order valence-electron chi connectivity index (χ2n) is 5.56. The lowest BCUT2D eigenvalue weighted by atomic mass is 10.0. The van der Waals surface area contributed by atoms with Gasteiger partial charge in [-0.3, -0.25) is 14.0 Å². The lowest BCUT2D eigenvalue weighted by molar-refractivity contribution is 0.0981. The minimum Gasteiger partial charge on any atom is -0.294 e. The van der Waals surface area contributed by atoms with Gasteiger partial charge in [-0.25, -0.2) is 0 Å². The zero-order valence-corrected chi connectivity index (χ0v) is 14.5. The van der Waals surface area contributed by atoms with Gasteiger partial charge < -0.3 is 0 Å². The van der Waals surface area contributed by atoms with Crippen molar-refractivity contribution in [3.05, 3.63) is 81.8 Å². The second-order valence-corrected chi connectivity index (χ2v) is 6.38. The number of nitrogens with zero attached hydrogens (tertiary/aromatic N) is 2. The first-order valence-corrected chi connectivity index (χ1v) is 9.08. The summed E-state index contributed by atoms with van der Waals surface area (Å²) in [5, 5.41) is 9.42. The highest BCUT2D eigenvalue weighted by molar-refractivity contribution is 7.98. The van der Waals surface area contributed by atoms with E-state index in [9.17, 15) is 14.9 Å². The Hall–Kier alpha value is -2.84. The maximum Gasteiger partial charge on any atom is 0.274 e. The summed E-state index contributed by atoms with van der Waals surface area (Å²) in [6, 6.07) is 17.0. The highest BCUT2D eigenvalue weighted by Gasteiger charge is 2.21. The molecule has 124 valence electrons. The van der Waals surface area contributed by atoms with Crippen molar-refractivity contribution in [2.24, 2.45) is 0 Å². The van der Waals surface area contributed by atoms with Crippen LogP contribution >= 0.6 is 11.8 Å². The molecule has 0 aliphatic heterocycles. The van der Waals surface area contributed by atoms with Crippen molar-refractivity contribution in [2.45, 2.75) is 17.7 Å². The number of ketones is 1. The zero-order valence-electron chi connectivity index (χ0n) is 13.7. The molecule has 0 spiro atoms. The number of aryl methyl sites for hydroxylation is 1. The molecule has 0 atom stereocenters. The van der Waals surface area contributed by atoms with E-state index in [1.807, 2.05) is 36.4 Å². The van der Waals surface area contributed by atoms with Crippen LogP contribution in [0.5, 0.6) is 0 Å². The normalized spacial score (nSPS) is 10.6. The Labute approximate surface area is 149 Å². The van der Waals surface area contributed by atoms with E-state index in [1.165, 1.54) is 16.2 Å². The van der Waals surface area contributed by atoms with Gasteiger partial charge in [0.15, 0.2) is 5.78 Å². The average molecular weight is 348 g/mol. The molecule has 2 heterocycles. The summed E-state index contributed by atoms with van der Waals surface area (Å²) in [6.45, 7) is 0. The smallest absolute Gasteiger partial charge is 0.274 e. The van der Waals surface area contributed by atoms with E-state index in [2.05, 4.69) is 0 Å². The first-order chi connectivity index (χ1) is 12.2. The number of pyridine rings is 2. The van der Waals surface area contributed by atoms with Crippen LogP contribution in [0.15, 0.2) is 64.4 Å². The molecule has 0 amide bonds. The van der Waals surface area contributed by atoms with Crippen LogP contribution in [0.25, 0.3) is 5.52 Å². The van der Waals surface area contributed by atoms with Crippen molar-refractivity contribution >= 4 is 23.1 Å². The Bertz CT molecular complexity index is 1030. The number of thioether (sulfide) groups is 1. The fourth-order valence-electron chi connectivity index (χ4n) is 2.88. The topological polar surface area (TPSA) is 62.3 Å². The molecule has 0 radical (unpaired) electrons. The number of benzene rings is 1. The summed E-state index contributed by atoms with van der Waals surface area (Å²) in [7, 11) is 0. The predicted molar refractivity (Wildman–Crippen MR) is 99.3 cm³/mol. The quantitative estimate of drug-likeness (QED) is 0.521. The van der Waals surface area contributed by atoms with Crippen LogP contribution in [0, 0.1) is 11.3 Å². The standard InChI is InChI=1S/C20H16N2O2S/c1-25-19-15(13-21)20(24)22-12-6-5-9-16(22)18(19)17(23)11-10-14-7-3-2-4-8-14/h2-9,12H,10-11H2,1H3. The third-order valence-corrected chi connectivity index (χ3v) is 4.90. The first kappa shape index (κ1) is 17.0. The number of carbonyl (C=O) groups excluding carboxylic acids is 1. The average Bonchev–Trinajstić information content (AvgIpc) is 2.66. The highest BCUT2D eigenvalue weighted by atomic mass is 32.2. The Morgan fingerprint density at radius 3 is 2.56 bits per heavy atom. The number of Topliss-reactive ketones (excluding diaryl/α,β-unsaturated/α-hetero) is 1. The van der Waals surface area contributed by atoms with E-state index in [-0.39, 0.29) is 16.9 Å². The fourth-order valence-corrected chi connectivity index (χ4v) is 3.64. The van der Waals surface area contributed by atoms with Gasteiger partial charge >= 0.3 is 0 Å². The van der Waals surface area contributed by atoms with Gasteiger partial charge in [-0.1, -0.05) is 36.4 Å². The van der Waals surface area contributed by atoms with Gasteiger partial charge in [0, 0.05) is 17.5 Å². The molecule has 3 aromatic rings. The lowest BCUT2D eigenvalue weighted by Crippen LogP contribution is -2.21. The van der Waals surface area contributed by atoms with Gasteiger partial charge in [0.1, 0.15) is 11.6 Å². The zero-order chi connectivity index (χ0) is 17.8. The van der Waals surface area contributed by atoms with Crippen LogP contribution in [-0.4, -0.2) is 16.4 Å². The lowest BCUT2D eigenvalue weighted by Gasteiger charge is -2.13. The van der Waals surface area contributed by atoms with Crippen molar-refractivity contribution < 1.29 is 4.79 Å². The number of nitriles is 1. The molecule has 0 aliphatic carbocycles. The van der Waals surface area contributed by atoms with Crippen LogP contribution in [0.3, 0.4) is 0 Å². The molecule has 0 aliphatic rings. The van der Waals surface area contributed by atoms with E-state index in [1.54, 1.807) is 30.7 Å². The Balaban J connectivity index is 2.11. The van der Waals surface area contributed by atoms with E-state index in [0.29, 0.717) is 28.8 Å². The van der Waals surface area contributed by atoms with E-state index in [0.717, 1.165) is 5.56 Å². The van der Waals surface area contributed by atoms with Gasteiger partial charge in [-0.05, 0) is 30.4 Å². The number of hydrogen-bond donors (Lipinski definition) is 0. The molecule has 0 saturated carbocycles. The van der Waals surface area contributed by atoms with Crippen molar-refractivity contribution in [2.75, 3.05) is 6.26 Å². The van der Waals surface area contributed by atoms with Crippen molar-refractivity contribution in [1.82, 2.24) is 4.40 Å². The molecule has 0 N–H and O–H groups in total. The molecule has 0 fully saturated rings. The highest BCUT2D eigenvalue weighted by Crippen LogP contribution is 2.27. The molecular weight excluding hydrogens is 332 g/mol. The minimum atomic E-state index is -0.387. The van der Waals surface area contributed by atoms with Gasteiger partial charge in [0.25, 0.3) is 5.56 Å². The summed E-state index contributed by atoms with van der Waals surface area (Å²) < 4.78 is 1.38. The van der Waals surface area contributed by atoms with Crippen LogP contribution in [0.1, 0.15) is 27.9 Å². The monoisotopic (exact) mass is 348 g/mol. The van der Waals surface area contributed by atoms with Gasteiger partial charge in [0.2, 0.25) is 0 Å². The molecular formula is C20H16N2O2S. The number of hydrogen-bond acceptors (Lipinski definition) is 4. The molecule has 5 heteroatoms. The molecule has 3 rings (SSSR count). The fraction of sp³-hybridized carbons (Fsp3) is 0.150. The first-order valence-electron chi connectivity index (χ1n) is 7.86. The summed E-state index contributed by atoms with van der Waals surface area (Å²) in [4.78, 5) is 25.9. The summed E-state index contributed by atoms with van der Waals surface area (Å²) >= 11 is 1.27. The SMILES string of the molecule is CSc1c(C#N)c(=O)n2ccccc2c1C(=O)CCc1ccccc1. The molecule has 25 heavy (non-hydrogen) atoms. The van der Waals surface area contributed by atoms with Crippen molar-refractivity contribution in [3.63, 3.8) is 0 Å². The van der Waals surface area contributed by atoms with Crippen molar-refractivity contribution in [1.29, 1.82) is 5.26 Å². The van der Waals surface area contributed by atoms with Gasteiger partial charge in [0.05, 0.1) is 11.1 Å². The Morgan fingerprint density at radius 2 is 1.88 bits per heavy atom. The minimum absolute atomic E-state index is 0.0271. The second kappa shape index (κ2) is 7.37. The molecule has 0 bridgehead atoms. The summed E-state index contributed by atoms with van der Waals surface area (Å²) in [5.41, 5.74) is 1.73. The largest absolute Gasteiger partial charge is 0.294 e. The number of fused-ring (bicyclic) bond motifs is 1. The van der Waals surface area contributed by atoms with E-state index in [4.69, 9.17) is 0 Å². The number of rotatable bonds is 5. The summed E-state index contributed by atoms with van der Waals surface area (Å²) in [6.07, 6.45) is 4.32. The van der Waals surface area contributed by atoms with Crippen LogP contribution in [0.4, 0.5) is 0 Å². The summed E-state index contributed by atoms with van der Waals surface area (Å²) in [5.74, 6) is -0.0617. The van der Waals surface area contributed by atoms with E-state index >= 15 is 0 Å². The molecule has 2 aromatic heterocycles. The third-order valence-electron chi connectivity index (χ3n) is 4.08. The molecule has 4 nitrogen and oxygen atoms in total. The van der Waals surface area contributed by atoms with Gasteiger partial charge in [-0.15, -0.1) is 11.8 Å². The van der Waals surface area contributed by atoms with Gasteiger partial charge in [-0.2, -0.15) is 5.26 Å². The van der Waals surface area contributed by atoms with E-state index < -0.39 is 0 Å². The Morgan fingerprint density at radius 1 is 1.16 bits per heavy atom. The Kier molecular flexibility index (Phi) is 5.01. The maximum absolute atomic E-state index is 13.0. The number of carbonyl (C=O) groups is 1.